The van der Waals surface area contributed by atoms with Gasteiger partial charge < -0.3 is 10.1 Å². The van der Waals surface area contributed by atoms with Crippen molar-refractivity contribution >= 4 is 15.9 Å². The number of nitrogens with zero attached hydrogens (tertiary/aromatic N) is 2. The number of aromatic nitrogens is 2. The fourth-order valence-corrected chi connectivity index (χ4v) is 1.48. The highest BCUT2D eigenvalue weighted by molar-refractivity contribution is 9.10. The minimum Gasteiger partial charge on any atom is -0.472 e. The van der Waals surface area contributed by atoms with E-state index in [9.17, 15) is 0 Å². The minimum atomic E-state index is 0.312. The Kier molecular flexibility index (Phi) is 2.06. The highest BCUT2D eigenvalue weighted by atomic mass is 79.9. The molecular weight excluding hydrogens is 222 g/mol. The van der Waals surface area contributed by atoms with Crippen molar-refractivity contribution in [2.75, 3.05) is 13.1 Å². The number of halogens is 1. The highest BCUT2D eigenvalue weighted by Gasteiger charge is 2.19. The van der Waals surface area contributed by atoms with E-state index in [-0.39, 0.29) is 0 Å². The molecule has 0 atom stereocenters. The predicted octanol–water partition coefficient (Wildman–Crippen LogP) is 0.533. The molecule has 1 aromatic heterocycles. The van der Waals surface area contributed by atoms with Crippen molar-refractivity contribution in [2.45, 2.75) is 6.10 Å². The Bertz CT molecular complexity index is 282. The standard InChI is InChI=1S/C7H10BrN3O/c1-11-7(2-6(8)10-11)12-5-3-9-4-5/h2,5,9H,3-4H2,1H3. The largest absolute Gasteiger partial charge is 0.472 e. The Morgan fingerprint density at radius 1 is 1.75 bits per heavy atom. The van der Waals surface area contributed by atoms with E-state index in [2.05, 4.69) is 26.3 Å². The summed E-state index contributed by atoms with van der Waals surface area (Å²) in [5, 5.41) is 7.25. The van der Waals surface area contributed by atoms with Crippen molar-refractivity contribution < 1.29 is 4.74 Å². The maximum absolute atomic E-state index is 5.61. The second-order valence-electron chi connectivity index (χ2n) is 2.83. The molecule has 1 fully saturated rings. The Morgan fingerprint density at radius 3 is 2.92 bits per heavy atom. The first-order valence-electron chi connectivity index (χ1n) is 3.82. The molecule has 0 bridgehead atoms. The van der Waals surface area contributed by atoms with E-state index in [0.29, 0.717) is 6.10 Å². The summed E-state index contributed by atoms with van der Waals surface area (Å²) in [4.78, 5) is 0. The Morgan fingerprint density at radius 2 is 2.50 bits per heavy atom. The Labute approximate surface area is 79.0 Å². The van der Waals surface area contributed by atoms with Crippen molar-refractivity contribution in [3.05, 3.63) is 10.7 Å². The number of ether oxygens (including phenoxy) is 1. The third kappa shape index (κ3) is 1.47. The van der Waals surface area contributed by atoms with Crippen LogP contribution in [0, 0.1) is 0 Å². The van der Waals surface area contributed by atoms with Gasteiger partial charge in [0.05, 0.1) is 0 Å². The minimum absolute atomic E-state index is 0.312. The second-order valence-corrected chi connectivity index (χ2v) is 3.64. The summed E-state index contributed by atoms with van der Waals surface area (Å²) in [6.07, 6.45) is 0.312. The van der Waals surface area contributed by atoms with E-state index >= 15 is 0 Å². The normalized spacial score (nSPS) is 17.5. The molecule has 1 aliphatic rings. The molecule has 1 saturated heterocycles. The average Bonchev–Trinajstić information content (AvgIpc) is 2.21. The molecule has 1 aliphatic heterocycles. The fraction of sp³-hybridized carbons (Fsp3) is 0.571. The summed E-state index contributed by atoms with van der Waals surface area (Å²) in [6, 6.07) is 1.87. The Balaban J connectivity index is 2.05. The van der Waals surface area contributed by atoms with E-state index in [1.54, 1.807) is 4.68 Å². The van der Waals surface area contributed by atoms with Crippen LogP contribution in [0.5, 0.6) is 5.88 Å². The summed E-state index contributed by atoms with van der Waals surface area (Å²) < 4.78 is 8.15. The topological polar surface area (TPSA) is 39.1 Å². The lowest BCUT2D eigenvalue weighted by molar-refractivity contribution is 0.130. The molecule has 0 aliphatic carbocycles. The number of aryl methyl sites for hydroxylation is 1. The number of nitrogens with one attached hydrogen (secondary N) is 1. The molecule has 0 aromatic carbocycles. The van der Waals surface area contributed by atoms with Gasteiger partial charge in [0.15, 0.2) is 0 Å². The molecule has 1 aromatic rings. The van der Waals surface area contributed by atoms with Crippen LogP contribution in [0.4, 0.5) is 0 Å². The smallest absolute Gasteiger partial charge is 0.213 e. The predicted molar refractivity (Wildman–Crippen MR) is 48.2 cm³/mol. The van der Waals surface area contributed by atoms with Gasteiger partial charge in [-0.25, -0.2) is 4.68 Å². The molecule has 0 unspecified atom stereocenters. The van der Waals surface area contributed by atoms with Crippen LogP contribution in [0.15, 0.2) is 10.7 Å². The van der Waals surface area contributed by atoms with Crippen molar-refractivity contribution in [1.29, 1.82) is 0 Å². The molecule has 4 nitrogen and oxygen atoms in total. The molecular formula is C7H10BrN3O. The first-order chi connectivity index (χ1) is 5.75. The van der Waals surface area contributed by atoms with Crippen LogP contribution >= 0.6 is 15.9 Å². The van der Waals surface area contributed by atoms with Gasteiger partial charge in [-0.3, -0.25) is 0 Å². The molecule has 5 heteroatoms. The summed E-state index contributed by atoms with van der Waals surface area (Å²) in [5.41, 5.74) is 0. The van der Waals surface area contributed by atoms with Crippen LogP contribution in [0.3, 0.4) is 0 Å². The van der Waals surface area contributed by atoms with Gasteiger partial charge in [0.25, 0.3) is 0 Å². The zero-order valence-corrected chi connectivity index (χ0v) is 8.34. The zero-order chi connectivity index (χ0) is 8.55. The third-order valence-electron chi connectivity index (χ3n) is 1.84. The number of rotatable bonds is 2. The summed E-state index contributed by atoms with van der Waals surface area (Å²) in [7, 11) is 1.87. The zero-order valence-electron chi connectivity index (χ0n) is 6.75. The lowest BCUT2D eigenvalue weighted by atomic mass is 10.2. The number of hydrogen-bond donors (Lipinski definition) is 1. The van der Waals surface area contributed by atoms with E-state index < -0.39 is 0 Å². The van der Waals surface area contributed by atoms with Gasteiger partial charge in [-0.2, -0.15) is 5.10 Å². The van der Waals surface area contributed by atoms with Gasteiger partial charge in [-0.15, -0.1) is 0 Å². The third-order valence-corrected chi connectivity index (χ3v) is 2.23. The fourth-order valence-electron chi connectivity index (χ4n) is 1.04. The second kappa shape index (κ2) is 3.06. The lowest BCUT2D eigenvalue weighted by Crippen LogP contribution is -2.50. The molecule has 2 heterocycles. The monoisotopic (exact) mass is 231 g/mol. The van der Waals surface area contributed by atoms with E-state index in [1.165, 1.54) is 0 Å². The SMILES string of the molecule is Cn1nc(Br)cc1OC1CNC1. The van der Waals surface area contributed by atoms with Crippen LogP contribution < -0.4 is 10.1 Å². The van der Waals surface area contributed by atoms with Crippen LogP contribution in [0.25, 0.3) is 0 Å². The van der Waals surface area contributed by atoms with Crippen molar-refractivity contribution in [3.8, 4) is 5.88 Å². The summed E-state index contributed by atoms with van der Waals surface area (Å²) >= 11 is 3.29. The molecule has 12 heavy (non-hydrogen) atoms. The van der Waals surface area contributed by atoms with E-state index in [4.69, 9.17) is 4.74 Å². The Hall–Kier alpha value is -0.550. The molecule has 1 N–H and O–H groups in total. The number of hydrogen-bond acceptors (Lipinski definition) is 3. The maximum atomic E-state index is 5.61. The van der Waals surface area contributed by atoms with Gasteiger partial charge in [0.2, 0.25) is 5.88 Å². The highest BCUT2D eigenvalue weighted by Crippen LogP contribution is 2.18. The quantitative estimate of drug-likeness (QED) is 0.808. The van der Waals surface area contributed by atoms with Gasteiger partial charge in [0, 0.05) is 26.2 Å². The van der Waals surface area contributed by atoms with Crippen LogP contribution in [0.1, 0.15) is 0 Å². The van der Waals surface area contributed by atoms with Gasteiger partial charge in [0.1, 0.15) is 10.7 Å². The molecule has 0 saturated carbocycles. The summed E-state index contributed by atoms with van der Waals surface area (Å²) in [5.74, 6) is 0.813. The van der Waals surface area contributed by atoms with Crippen molar-refractivity contribution in [3.63, 3.8) is 0 Å². The maximum Gasteiger partial charge on any atom is 0.213 e. The molecule has 0 amide bonds. The molecule has 2 rings (SSSR count). The average molecular weight is 232 g/mol. The van der Waals surface area contributed by atoms with E-state index in [1.807, 2.05) is 13.1 Å². The van der Waals surface area contributed by atoms with Crippen molar-refractivity contribution in [2.24, 2.45) is 7.05 Å². The van der Waals surface area contributed by atoms with Gasteiger partial charge in [-0.05, 0) is 15.9 Å². The first-order valence-corrected chi connectivity index (χ1v) is 4.62. The molecule has 0 radical (unpaired) electrons. The van der Waals surface area contributed by atoms with Gasteiger partial charge >= 0.3 is 0 Å². The lowest BCUT2D eigenvalue weighted by Gasteiger charge is -2.27. The van der Waals surface area contributed by atoms with Gasteiger partial charge in [-0.1, -0.05) is 0 Å². The van der Waals surface area contributed by atoms with E-state index in [0.717, 1.165) is 23.6 Å². The molecule has 66 valence electrons. The van der Waals surface area contributed by atoms with Crippen molar-refractivity contribution in [1.82, 2.24) is 15.1 Å². The van der Waals surface area contributed by atoms with Crippen LogP contribution in [0.2, 0.25) is 0 Å². The molecule has 0 spiro atoms. The van der Waals surface area contributed by atoms with Crippen LogP contribution in [-0.2, 0) is 7.05 Å². The summed E-state index contributed by atoms with van der Waals surface area (Å²) in [6.45, 7) is 1.87. The first kappa shape index (κ1) is 8.07. The van der Waals surface area contributed by atoms with Crippen LogP contribution in [-0.4, -0.2) is 29.0 Å².